The topological polar surface area (TPSA) is 30.9 Å². The summed E-state index contributed by atoms with van der Waals surface area (Å²) in [6.07, 6.45) is 11.2. The molecule has 1 saturated carbocycles. The van der Waals surface area contributed by atoms with Crippen molar-refractivity contribution in [1.82, 2.24) is 15.1 Å². The molecule has 0 unspecified atom stereocenters. The van der Waals surface area contributed by atoms with Crippen LogP contribution in [0.4, 0.5) is 0 Å². The lowest BCUT2D eigenvalue weighted by molar-refractivity contribution is 0.187. The summed E-state index contributed by atoms with van der Waals surface area (Å²) in [5.41, 5.74) is 0.630. The van der Waals surface area contributed by atoms with Gasteiger partial charge in [0.25, 0.3) is 0 Å². The Morgan fingerprint density at radius 2 is 1.87 bits per heavy atom. The maximum Gasteiger partial charge on any atom is 0.193 e. The van der Waals surface area contributed by atoms with Crippen LogP contribution in [0.1, 0.15) is 58.3 Å². The maximum atomic E-state index is 4.56. The van der Waals surface area contributed by atoms with E-state index in [4.69, 9.17) is 0 Å². The molecule has 4 heteroatoms. The van der Waals surface area contributed by atoms with Gasteiger partial charge in [-0.3, -0.25) is 4.99 Å². The lowest BCUT2D eigenvalue weighted by atomic mass is 9.86. The highest BCUT2D eigenvalue weighted by Gasteiger charge is 2.41. The number of aliphatic imine (C=N–C) groups is 1. The Labute approximate surface area is 142 Å². The van der Waals surface area contributed by atoms with Gasteiger partial charge in [0.15, 0.2) is 5.96 Å². The predicted molar refractivity (Wildman–Crippen MR) is 97.9 cm³/mol. The van der Waals surface area contributed by atoms with Crippen LogP contribution in [0.15, 0.2) is 4.99 Å². The summed E-state index contributed by atoms with van der Waals surface area (Å²) in [6, 6.07) is 0. The first-order valence-electron chi connectivity index (χ1n) is 9.93. The summed E-state index contributed by atoms with van der Waals surface area (Å²) < 4.78 is 0. The standard InChI is InChI=1S/C19H36N4/c1-3-22-13-7-17(8-14-22)6-12-21-18(20-2)23-15-11-19(16-23)9-4-5-10-19/h17H,3-16H2,1-2H3,(H,20,21). The fraction of sp³-hybridized carbons (Fsp3) is 0.947. The maximum absolute atomic E-state index is 4.56. The van der Waals surface area contributed by atoms with Crippen LogP contribution in [-0.2, 0) is 0 Å². The van der Waals surface area contributed by atoms with Crippen LogP contribution >= 0.6 is 0 Å². The Kier molecular flexibility index (Phi) is 5.84. The highest BCUT2D eigenvalue weighted by atomic mass is 15.3. The van der Waals surface area contributed by atoms with Gasteiger partial charge in [0, 0.05) is 26.7 Å². The molecule has 4 nitrogen and oxygen atoms in total. The number of nitrogens with zero attached hydrogens (tertiary/aromatic N) is 3. The minimum atomic E-state index is 0.630. The van der Waals surface area contributed by atoms with Crippen molar-refractivity contribution in [3.8, 4) is 0 Å². The first-order valence-corrected chi connectivity index (χ1v) is 9.93. The second kappa shape index (κ2) is 7.87. The Bertz CT molecular complexity index is 392. The van der Waals surface area contributed by atoms with Crippen molar-refractivity contribution >= 4 is 5.96 Å². The lowest BCUT2D eigenvalue weighted by Crippen LogP contribution is -2.42. The normalized spacial score (nSPS) is 26.3. The molecule has 0 atom stereocenters. The molecule has 2 saturated heterocycles. The minimum absolute atomic E-state index is 0.630. The van der Waals surface area contributed by atoms with E-state index in [1.165, 1.54) is 84.1 Å². The number of rotatable bonds is 4. The molecule has 0 aromatic carbocycles. The number of guanidine groups is 1. The van der Waals surface area contributed by atoms with Crippen LogP contribution in [0, 0.1) is 11.3 Å². The largest absolute Gasteiger partial charge is 0.356 e. The van der Waals surface area contributed by atoms with E-state index in [1.807, 2.05) is 7.05 Å². The van der Waals surface area contributed by atoms with Crippen molar-refractivity contribution in [2.24, 2.45) is 16.3 Å². The SMILES string of the molecule is CCN1CCC(CCNC(=NC)N2CCC3(CCCC3)C2)CC1. The van der Waals surface area contributed by atoms with E-state index in [-0.39, 0.29) is 0 Å². The van der Waals surface area contributed by atoms with Gasteiger partial charge in [0.2, 0.25) is 0 Å². The van der Waals surface area contributed by atoms with E-state index in [0.717, 1.165) is 18.4 Å². The third kappa shape index (κ3) is 4.20. The molecule has 0 bridgehead atoms. The number of piperidine rings is 1. The van der Waals surface area contributed by atoms with Crippen LogP contribution in [0.3, 0.4) is 0 Å². The smallest absolute Gasteiger partial charge is 0.193 e. The van der Waals surface area contributed by atoms with Crippen LogP contribution in [0.25, 0.3) is 0 Å². The van der Waals surface area contributed by atoms with Gasteiger partial charge in [0.05, 0.1) is 0 Å². The summed E-state index contributed by atoms with van der Waals surface area (Å²) in [6.45, 7) is 9.62. The molecule has 2 aliphatic heterocycles. The van der Waals surface area contributed by atoms with Gasteiger partial charge < -0.3 is 15.1 Å². The van der Waals surface area contributed by atoms with Crippen molar-refractivity contribution in [3.63, 3.8) is 0 Å². The van der Waals surface area contributed by atoms with Crippen LogP contribution < -0.4 is 5.32 Å². The van der Waals surface area contributed by atoms with Gasteiger partial charge in [-0.15, -0.1) is 0 Å². The van der Waals surface area contributed by atoms with Crippen molar-refractivity contribution in [3.05, 3.63) is 0 Å². The fourth-order valence-corrected chi connectivity index (χ4v) is 4.96. The van der Waals surface area contributed by atoms with Crippen LogP contribution in [0.2, 0.25) is 0 Å². The molecular formula is C19H36N4. The molecule has 1 spiro atoms. The minimum Gasteiger partial charge on any atom is -0.356 e. The summed E-state index contributed by atoms with van der Waals surface area (Å²) in [5, 5.41) is 3.65. The van der Waals surface area contributed by atoms with Crippen molar-refractivity contribution in [1.29, 1.82) is 0 Å². The summed E-state index contributed by atoms with van der Waals surface area (Å²) in [7, 11) is 1.95. The van der Waals surface area contributed by atoms with E-state index >= 15 is 0 Å². The Hall–Kier alpha value is -0.770. The van der Waals surface area contributed by atoms with Gasteiger partial charge in [-0.2, -0.15) is 0 Å². The molecule has 0 aromatic rings. The van der Waals surface area contributed by atoms with E-state index in [0.29, 0.717) is 5.41 Å². The molecule has 23 heavy (non-hydrogen) atoms. The Morgan fingerprint density at radius 1 is 1.13 bits per heavy atom. The predicted octanol–water partition coefficient (Wildman–Crippen LogP) is 2.95. The second-order valence-corrected chi connectivity index (χ2v) is 8.02. The van der Waals surface area contributed by atoms with Crippen molar-refractivity contribution in [2.75, 3.05) is 46.3 Å². The molecule has 0 aromatic heterocycles. The fourth-order valence-electron chi connectivity index (χ4n) is 4.96. The van der Waals surface area contributed by atoms with E-state index in [1.54, 1.807) is 0 Å². The highest BCUT2D eigenvalue weighted by Crippen LogP contribution is 2.45. The molecule has 1 aliphatic carbocycles. The molecule has 3 fully saturated rings. The lowest BCUT2D eigenvalue weighted by Gasteiger charge is -2.31. The third-order valence-electron chi connectivity index (χ3n) is 6.60. The molecule has 2 heterocycles. The monoisotopic (exact) mass is 320 g/mol. The number of nitrogens with one attached hydrogen (secondary N) is 1. The molecule has 3 aliphatic rings. The zero-order chi connectivity index (χ0) is 16.1. The second-order valence-electron chi connectivity index (χ2n) is 8.02. The molecule has 132 valence electrons. The first kappa shape index (κ1) is 17.1. The third-order valence-corrected chi connectivity index (χ3v) is 6.60. The zero-order valence-corrected chi connectivity index (χ0v) is 15.3. The van der Waals surface area contributed by atoms with Gasteiger partial charge in [-0.1, -0.05) is 19.8 Å². The average molecular weight is 321 g/mol. The summed E-state index contributed by atoms with van der Waals surface area (Å²) in [4.78, 5) is 9.65. The highest BCUT2D eigenvalue weighted by molar-refractivity contribution is 5.80. The summed E-state index contributed by atoms with van der Waals surface area (Å²) in [5.74, 6) is 2.06. The number of hydrogen-bond acceptors (Lipinski definition) is 2. The summed E-state index contributed by atoms with van der Waals surface area (Å²) >= 11 is 0. The van der Waals surface area contributed by atoms with Crippen LogP contribution in [0.5, 0.6) is 0 Å². The molecule has 3 rings (SSSR count). The quantitative estimate of drug-likeness (QED) is 0.638. The van der Waals surface area contributed by atoms with Crippen LogP contribution in [-0.4, -0.2) is 62.1 Å². The van der Waals surface area contributed by atoms with Gasteiger partial charge >= 0.3 is 0 Å². The van der Waals surface area contributed by atoms with Gasteiger partial charge in [0.1, 0.15) is 0 Å². The molecule has 0 radical (unpaired) electrons. The van der Waals surface area contributed by atoms with Gasteiger partial charge in [-0.05, 0) is 69.5 Å². The van der Waals surface area contributed by atoms with E-state index in [9.17, 15) is 0 Å². The Morgan fingerprint density at radius 3 is 2.52 bits per heavy atom. The van der Waals surface area contributed by atoms with Gasteiger partial charge in [-0.25, -0.2) is 0 Å². The van der Waals surface area contributed by atoms with E-state index < -0.39 is 0 Å². The van der Waals surface area contributed by atoms with E-state index in [2.05, 4.69) is 27.0 Å². The number of hydrogen-bond donors (Lipinski definition) is 1. The van der Waals surface area contributed by atoms with Crippen molar-refractivity contribution < 1.29 is 0 Å². The molecule has 1 N–H and O–H groups in total. The zero-order valence-electron chi connectivity index (χ0n) is 15.3. The Balaban J connectivity index is 1.39. The first-order chi connectivity index (χ1) is 11.2. The molecular weight excluding hydrogens is 284 g/mol. The molecule has 0 amide bonds. The number of likely N-dealkylation sites (tertiary alicyclic amines) is 2. The average Bonchev–Trinajstić information content (AvgIpc) is 3.22. The van der Waals surface area contributed by atoms with Crippen molar-refractivity contribution in [2.45, 2.75) is 58.3 Å².